The molecule has 2 aromatic rings. The fourth-order valence-corrected chi connectivity index (χ4v) is 4.34. The largest absolute Gasteiger partial charge is 0.508 e. The number of likely N-dealkylation sites (tertiary alicyclic amines) is 1. The number of phenolic OH excluding ortho intramolecular Hbond substituents is 1. The van der Waals surface area contributed by atoms with Crippen LogP contribution in [0, 0.1) is 5.92 Å². The first-order valence-corrected chi connectivity index (χ1v) is 9.21. The predicted octanol–water partition coefficient (Wildman–Crippen LogP) is 3.30. The smallest absolute Gasteiger partial charge is 0.230 e. The molecule has 1 atom stereocenters. The molecule has 1 unspecified atom stereocenters. The van der Waals surface area contributed by atoms with E-state index in [1.54, 1.807) is 12.3 Å². The molecule has 130 valence electrons. The third-order valence-corrected chi connectivity index (χ3v) is 5.70. The number of aromatic hydroxyl groups is 1. The summed E-state index contributed by atoms with van der Waals surface area (Å²) in [7, 11) is 0. The van der Waals surface area contributed by atoms with Crippen molar-refractivity contribution in [2.24, 2.45) is 5.92 Å². The molecule has 0 spiro atoms. The highest BCUT2D eigenvalue weighted by molar-refractivity contribution is 5.86. The summed E-state index contributed by atoms with van der Waals surface area (Å²) in [6.45, 7) is 1.65. The second-order valence-electron chi connectivity index (χ2n) is 7.28. The average molecular weight is 336 g/mol. The number of benzene rings is 1. The molecule has 1 aromatic carbocycles. The summed E-state index contributed by atoms with van der Waals surface area (Å²) in [5.41, 5.74) is 3.27. The van der Waals surface area contributed by atoms with Crippen molar-refractivity contribution in [1.29, 1.82) is 0 Å². The van der Waals surface area contributed by atoms with E-state index in [2.05, 4.69) is 11.1 Å². The number of aryl methyl sites for hydroxylation is 1. The maximum absolute atomic E-state index is 13.0. The van der Waals surface area contributed by atoms with Crippen LogP contribution in [-0.4, -0.2) is 34.0 Å². The molecule has 1 aromatic heterocycles. The molecule has 1 aliphatic heterocycles. The lowest BCUT2D eigenvalue weighted by atomic mass is 9.89. The molecule has 0 radical (unpaired) electrons. The number of pyridine rings is 1. The Kier molecular flexibility index (Phi) is 4.43. The standard InChI is InChI=1S/C21H24N2O2/c24-19-5-1-4-17-6-7-18(20(17)19)21(25)23-11-8-15(9-12-23)13-16-3-2-10-22-14-16/h1-5,10,14-15,18,24H,6-9,11-13H2. The number of carbonyl (C=O) groups is 1. The van der Waals surface area contributed by atoms with Gasteiger partial charge in [0.25, 0.3) is 0 Å². The van der Waals surface area contributed by atoms with Gasteiger partial charge in [0, 0.05) is 31.0 Å². The molecule has 1 amide bonds. The van der Waals surface area contributed by atoms with Crippen molar-refractivity contribution in [3.8, 4) is 5.75 Å². The van der Waals surface area contributed by atoms with E-state index >= 15 is 0 Å². The predicted molar refractivity (Wildman–Crippen MR) is 96.4 cm³/mol. The Morgan fingerprint density at radius 2 is 2.00 bits per heavy atom. The van der Waals surface area contributed by atoms with Crippen LogP contribution in [0.1, 0.15) is 41.9 Å². The van der Waals surface area contributed by atoms with E-state index in [9.17, 15) is 9.90 Å². The van der Waals surface area contributed by atoms with Crippen molar-refractivity contribution in [3.63, 3.8) is 0 Å². The lowest BCUT2D eigenvalue weighted by Crippen LogP contribution is -2.41. The number of amides is 1. The highest BCUT2D eigenvalue weighted by Gasteiger charge is 2.35. The van der Waals surface area contributed by atoms with Crippen LogP contribution >= 0.6 is 0 Å². The molecular formula is C21H24N2O2. The molecular weight excluding hydrogens is 312 g/mol. The van der Waals surface area contributed by atoms with Gasteiger partial charge in [-0.1, -0.05) is 18.2 Å². The van der Waals surface area contributed by atoms with Crippen LogP contribution < -0.4 is 0 Å². The van der Waals surface area contributed by atoms with E-state index in [0.717, 1.165) is 56.3 Å². The van der Waals surface area contributed by atoms with Gasteiger partial charge < -0.3 is 10.0 Å². The van der Waals surface area contributed by atoms with E-state index in [1.807, 2.05) is 29.3 Å². The zero-order valence-electron chi connectivity index (χ0n) is 14.4. The SMILES string of the molecule is O=C(C1CCc2cccc(O)c21)N1CCC(Cc2cccnc2)CC1. The molecule has 1 N–H and O–H groups in total. The normalized spacial score (nSPS) is 20.5. The van der Waals surface area contributed by atoms with Gasteiger partial charge in [-0.15, -0.1) is 0 Å². The molecule has 25 heavy (non-hydrogen) atoms. The first-order valence-electron chi connectivity index (χ1n) is 9.21. The molecule has 1 saturated heterocycles. The van der Waals surface area contributed by atoms with Gasteiger partial charge in [0.05, 0.1) is 5.92 Å². The number of rotatable bonds is 3. The number of fused-ring (bicyclic) bond motifs is 1. The first-order chi connectivity index (χ1) is 12.2. The van der Waals surface area contributed by atoms with E-state index in [1.165, 1.54) is 5.56 Å². The van der Waals surface area contributed by atoms with Crippen molar-refractivity contribution < 1.29 is 9.90 Å². The summed E-state index contributed by atoms with van der Waals surface area (Å²) >= 11 is 0. The highest BCUT2D eigenvalue weighted by Crippen LogP contribution is 2.40. The topological polar surface area (TPSA) is 53.4 Å². The van der Waals surface area contributed by atoms with Gasteiger partial charge in [-0.25, -0.2) is 0 Å². The fourth-order valence-electron chi connectivity index (χ4n) is 4.34. The summed E-state index contributed by atoms with van der Waals surface area (Å²) in [6, 6.07) is 9.71. The van der Waals surface area contributed by atoms with Crippen LogP contribution in [0.25, 0.3) is 0 Å². The summed E-state index contributed by atoms with van der Waals surface area (Å²) in [4.78, 5) is 19.2. The summed E-state index contributed by atoms with van der Waals surface area (Å²) in [5.74, 6) is 0.934. The third-order valence-electron chi connectivity index (χ3n) is 5.70. The van der Waals surface area contributed by atoms with Gasteiger partial charge in [-0.3, -0.25) is 9.78 Å². The number of hydrogen-bond acceptors (Lipinski definition) is 3. The Morgan fingerprint density at radius 3 is 2.76 bits per heavy atom. The lowest BCUT2D eigenvalue weighted by Gasteiger charge is -2.34. The van der Waals surface area contributed by atoms with Gasteiger partial charge in [0.15, 0.2) is 0 Å². The van der Waals surface area contributed by atoms with Crippen molar-refractivity contribution >= 4 is 5.91 Å². The molecule has 0 bridgehead atoms. The summed E-state index contributed by atoms with van der Waals surface area (Å²) < 4.78 is 0. The second kappa shape index (κ2) is 6.87. The second-order valence-corrected chi connectivity index (χ2v) is 7.28. The number of piperidine rings is 1. The number of carbonyl (C=O) groups excluding carboxylic acids is 1. The van der Waals surface area contributed by atoms with Crippen molar-refractivity contribution in [3.05, 3.63) is 59.4 Å². The van der Waals surface area contributed by atoms with Crippen LogP contribution in [0.15, 0.2) is 42.7 Å². The quantitative estimate of drug-likeness (QED) is 0.936. The van der Waals surface area contributed by atoms with E-state index in [0.29, 0.717) is 5.92 Å². The highest BCUT2D eigenvalue weighted by atomic mass is 16.3. The van der Waals surface area contributed by atoms with Crippen LogP contribution in [0.5, 0.6) is 5.75 Å². The minimum Gasteiger partial charge on any atom is -0.508 e. The molecule has 2 aliphatic rings. The first kappa shape index (κ1) is 16.1. The van der Waals surface area contributed by atoms with Crippen LogP contribution in [0.4, 0.5) is 0 Å². The Balaban J connectivity index is 1.38. The molecule has 4 rings (SSSR count). The van der Waals surface area contributed by atoms with E-state index < -0.39 is 0 Å². The monoisotopic (exact) mass is 336 g/mol. The van der Waals surface area contributed by atoms with Gasteiger partial charge >= 0.3 is 0 Å². The molecule has 4 nitrogen and oxygen atoms in total. The number of hydrogen-bond donors (Lipinski definition) is 1. The zero-order chi connectivity index (χ0) is 17.2. The maximum atomic E-state index is 13.0. The Hall–Kier alpha value is -2.36. The number of aromatic nitrogens is 1. The minimum absolute atomic E-state index is 0.161. The zero-order valence-corrected chi connectivity index (χ0v) is 14.4. The Bertz CT molecular complexity index is 752. The van der Waals surface area contributed by atoms with E-state index in [-0.39, 0.29) is 17.6 Å². The third kappa shape index (κ3) is 3.26. The van der Waals surface area contributed by atoms with Crippen LogP contribution in [0.2, 0.25) is 0 Å². The van der Waals surface area contributed by atoms with Crippen molar-refractivity contribution in [1.82, 2.24) is 9.88 Å². The van der Waals surface area contributed by atoms with Crippen molar-refractivity contribution in [2.75, 3.05) is 13.1 Å². The van der Waals surface area contributed by atoms with Gasteiger partial charge in [-0.2, -0.15) is 0 Å². The Morgan fingerprint density at radius 1 is 1.16 bits per heavy atom. The van der Waals surface area contributed by atoms with Gasteiger partial charge in [0.1, 0.15) is 5.75 Å². The molecule has 4 heteroatoms. The van der Waals surface area contributed by atoms with Crippen LogP contribution in [0.3, 0.4) is 0 Å². The summed E-state index contributed by atoms with van der Waals surface area (Å²) in [6.07, 6.45) is 8.58. The number of nitrogens with zero attached hydrogens (tertiary/aromatic N) is 2. The molecule has 1 aliphatic carbocycles. The average Bonchev–Trinajstić information content (AvgIpc) is 3.08. The Labute approximate surface area is 148 Å². The molecule has 2 heterocycles. The van der Waals surface area contributed by atoms with Gasteiger partial charge in [0.2, 0.25) is 5.91 Å². The fraction of sp³-hybridized carbons (Fsp3) is 0.429. The lowest BCUT2D eigenvalue weighted by molar-refractivity contribution is -0.134. The number of phenols is 1. The summed E-state index contributed by atoms with van der Waals surface area (Å²) in [5, 5.41) is 10.2. The van der Waals surface area contributed by atoms with Crippen LogP contribution in [-0.2, 0) is 17.6 Å². The van der Waals surface area contributed by atoms with E-state index in [4.69, 9.17) is 0 Å². The molecule has 1 fully saturated rings. The van der Waals surface area contributed by atoms with Crippen molar-refractivity contribution in [2.45, 2.75) is 38.0 Å². The maximum Gasteiger partial charge on any atom is 0.230 e. The molecule has 0 saturated carbocycles. The minimum atomic E-state index is -0.161. The van der Waals surface area contributed by atoms with Gasteiger partial charge in [-0.05, 0) is 61.3 Å².